The summed E-state index contributed by atoms with van der Waals surface area (Å²) >= 11 is 5.73. The molecule has 0 amide bonds. The summed E-state index contributed by atoms with van der Waals surface area (Å²) in [4.78, 5) is 21.6. The lowest BCUT2D eigenvalue weighted by Gasteiger charge is -2.18. The van der Waals surface area contributed by atoms with E-state index >= 15 is 0 Å². The zero-order valence-corrected chi connectivity index (χ0v) is 16.1. The van der Waals surface area contributed by atoms with Gasteiger partial charge in [-0.05, 0) is 24.6 Å². The van der Waals surface area contributed by atoms with Crippen molar-refractivity contribution in [3.63, 3.8) is 0 Å². The first kappa shape index (κ1) is 20.8. The summed E-state index contributed by atoms with van der Waals surface area (Å²) in [7, 11) is -3.13. The van der Waals surface area contributed by atoms with E-state index in [2.05, 4.69) is 9.46 Å². The molecule has 0 fully saturated rings. The summed E-state index contributed by atoms with van der Waals surface area (Å²) in [5.74, 6) is -0.631. The van der Waals surface area contributed by atoms with Crippen LogP contribution < -0.4 is 4.72 Å². The Morgan fingerprint density at radius 1 is 1.26 bits per heavy atom. The van der Waals surface area contributed by atoms with Crippen molar-refractivity contribution >= 4 is 33.3 Å². The number of methoxy groups -OCH3 is 1. The normalized spacial score (nSPS) is 12.4. The van der Waals surface area contributed by atoms with Gasteiger partial charge in [-0.3, -0.25) is 14.9 Å². The van der Waals surface area contributed by atoms with E-state index < -0.39 is 37.5 Å². The number of benzene rings is 2. The number of hydrogen-bond acceptors (Lipinski definition) is 6. The fourth-order valence-corrected chi connectivity index (χ4v) is 3.93. The fraction of sp³-hybridized carbons (Fsp3) is 0.235. The second-order valence-corrected chi connectivity index (χ2v) is 7.85. The lowest BCUT2D eigenvalue weighted by atomic mass is 10.0. The summed E-state index contributed by atoms with van der Waals surface area (Å²) in [5.41, 5.74) is 0.814. The number of esters is 1. The zero-order valence-electron chi connectivity index (χ0n) is 14.5. The first-order chi connectivity index (χ1) is 12.6. The van der Waals surface area contributed by atoms with Gasteiger partial charge in [-0.25, -0.2) is 13.1 Å². The minimum absolute atomic E-state index is 0.0327. The third kappa shape index (κ3) is 5.25. The molecule has 27 heavy (non-hydrogen) atoms. The SMILES string of the molecule is COC(=O)CC(NS(=O)(=O)c1ccc(Cl)cc1[N+](=O)[O-])c1ccc(C)cc1. The van der Waals surface area contributed by atoms with Crippen LogP contribution in [-0.4, -0.2) is 26.4 Å². The molecule has 2 aromatic carbocycles. The molecule has 0 aliphatic heterocycles. The molecule has 0 radical (unpaired) electrons. The zero-order chi connectivity index (χ0) is 20.2. The van der Waals surface area contributed by atoms with Gasteiger partial charge in [0.15, 0.2) is 4.90 Å². The van der Waals surface area contributed by atoms with Gasteiger partial charge >= 0.3 is 5.97 Å². The molecule has 10 heteroatoms. The Balaban J connectivity index is 2.45. The molecule has 0 saturated carbocycles. The molecule has 1 atom stereocenters. The lowest BCUT2D eigenvalue weighted by molar-refractivity contribution is -0.387. The van der Waals surface area contributed by atoms with Gasteiger partial charge in [-0.15, -0.1) is 0 Å². The van der Waals surface area contributed by atoms with Crippen LogP contribution in [0.3, 0.4) is 0 Å². The van der Waals surface area contributed by atoms with Crippen LogP contribution in [0.15, 0.2) is 47.4 Å². The topological polar surface area (TPSA) is 116 Å². The Labute approximate surface area is 161 Å². The van der Waals surface area contributed by atoms with Crippen molar-refractivity contribution in [3.8, 4) is 0 Å². The maximum absolute atomic E-state index is 12.8. The number of nitro benzene ring substituents is 1. The molecule has 0 saturated heterocycles. The van der Waals surface area contributed by atoms with Crippen molar-refractivity contribution in [1.29, 1.82) is 0 Å². The second-order valence-electron chi connectivity index (χ2n) is 5.73. The van der Waals surface area contributed by atoms with E-state index in [1.165, 1.54) is 13.2 Å². The van der Waals surface area contributed by atoms with Gasteiger partial charge in [0.05, 0.1) is 24.5 Å². The smallest absolute Gasteiger partial charge is 0.307 e. The second kappa shape index (κ2) is 8.47. The van der Waals surface area contributed by atoms with Crippen molar-refractivity contribution in [1.82, 2.24) is 4.72 Å². The summed E-state index contributed by atoms with van der Waals surface area (Å²) in [6, 6.07) is 9.15. The van der Waals surface area contributed by atoms with Gasteiger partial charge in [0.25, 0.3) is 5.69 Å². The van der Waals surface area contributed by atoms with Gasteiger partial charge in [0.1, 0.15) is 0 Å². The highest BCUT2D eigenvalue weighted by molar-refractivity contribution is 7.89. The molecule has 0 bridgehead atoms. The predicted octanol–water partition coefficient (Wildman–Crippen LogP) is 3.14. The standard InChI is InChI=1S/C17H17ClN2O6S/c1-11-3-5-12(6-4-11)14(10-17(21)26-2)19-27(24,25)16-8-7-13(18)9-15(16)20(22)23/h3-9,14,19H,10H2,1-2H3. The van der Waals surface area contributed by atoms with Crippen LogP contribution in [0.4, 0.5) is 5.69 Å². The molecule has 0 aliphatic rings. The van der Waals surface area contributed by atoms with Gasteiger partial charge in [0, 0.05) is 11.1 Å². The number of halogens is 1. The van der Waals surface area contributed by atoms with Crippen LogP contribution in [0, 0.1) is 17.0 Å². The third-order valence-corrected chi connectivity index (χ3v) is 5.54. The molecule has 1 unspecified atom stereocenters. The van der Waals surface area contributed by atoms with Crippen LogP contribution in [-0.2, 0) is 19.6 Å². The molecule has 2 aromatic rings. The van der Waals surface area contributed by atoms with Crippen molar-refractivity contribution in [2.75, 3.05) is 7.11 Å². The number of ether oxygens (including phenoxy) is 1. The number of sulfonamides is 1. The highest BCUT2D eigenvalue weighted by Crippen LogP contribution is 2.29. The summed E-state index contributed by atoms with van der Waals surface area (Å²) in [6.07, 6.45) is -0.278. The van der Waals surface area contributed by atoms with Crippen molar-refractivity contribution < 1.29 is 22.9 Å². The molecule has 0 aromatic heterocycles. The Morgan fingerprint density at radius 2 is 1.89 bits per heavy atom. The molecule has 8 nitrogen and oxygen atoms in total. The Bertz CT molecular complexity index is 960. The predicted molar refractivity (Wildman–Crippen MR) is 99.0 cm³/mol. The van der Waals surface area contributed by atoms with Crippen LogP contribution in [0.2, 0.25) is 5.02 Å². The highest BCUT2D eigenvalue weighted by atomic mass is 35.5. The number of rotatable bonds is 7. The van der Waals surface area contributed by atoms with Gasteiger partial charge in [0.2, 0.25) is 10.0 Å². The Morgan fingerprint density at radius 3 is 2.44 bits per heavy atom. The van der Waals surface area contributed by atoms with Crippen LogP contribution in [0.1, 0.15) is 23.6 Å². The van der Waals surface area contributed by atoms with Gasteiger partial charge in [-0.1, -0.05) is 41.4 Å². The molecule has 144 valence electrons. The molecular weight excluding hydrogens is 396 g/mol. The molecule has 0 heterocycles. The van der Waals surface area contributed by atoms with Gasteiger partial charge in [-0.2, -0.15) is 0 Å². The van der Waals surface area contributed by atoms with Crippen LogP contribution in [0.25, 0.3) is 0 Å². The van der Waals surface area contributed by atoms with Gasteiger partial charge < -0.3 is 4.74 Å². The average Bonchev–Trinajstić information content (AvgIpc) is 2.61. The molecule has 2 rings (SSSR count). The van der Waals surface area contributed by atoms with Crippen LogP contribution in [0.5, 0.6) is 0 Å². The number of carbonyl (C=O) groups excluding carboxylic acids is 1. The van der Waals surface area contributed by atoms with E-state index in [9.17, 15) is 23.3 Å². The lowest BCUT2D eigenvalue weighted by Crippen LogP contribution is -2.31. The van der Waals surface area contributed by atoms with Crippen molar-refractivity contribution in [2.24, 2.45) is 0 Å². The monoisotopic (exact) mass is 412 g/mol. The summed E-state index contributed by atoms with van der Waals surface area (Å²) < 4.78 is 32.5. The van der Waals surface area contributed by atoms with E-state index in [1.54, 1.807) is 24.3 Å². The molecule has 0 aliphatic carbocycles. The summed E-state index contributed by atoms with van der Waals surface area (Å²) in [6.45, 7) is 1.86. The fourth-order valence-electron chi connectivity index (χ4n) is 2.39. The van der Waals surface area contributed by atoms with E-state index in [1.807, 2.05) is 6.92 Å². The minimum Gasteiger partial charge on any atom is -0.469 e. The molecular formula is C17H17ClN2O6S. The van der Waals surface area contributed by atoms with Crippen LogP contribution >= 0.6 is 11.6 Å². The average molecular weight is 413 g/mol. The Kier molecular flexibility index (Phi) is 6.53. The maximum atomic E-state index is 12.8. The largest absolute Gasteiger partial charge is 0.469 e. The number of carbonyl (C=O) groups is 1. The minimum atomic E-state index is -4.32. The first-order valence-corrected chi connectivity index (χ1v) is 9.60. The van der Waals surface area contributed by atoms with Crippen molar-refractivity contribution in [2.45, 2.75) is 24.3 Å². The Hall–Kier alpha value is -2.49. The van der Waals surface area contributed by atoms with E-state index in [4.69, 9.17) is 11.6 Å². The molecule has 0 spiro atoms. The first-order valence-electron chi connectivity index (χ1n) is 7.73. The molecule has 1 N–H and O–H groups in total. The number of aryl methyl sites for hydroxylation is 1. The summed E-state index contributed by atoms with van der Waals surface area (Å²) in [5, 5.41) is 11.3. The number of nitro groups is 1. The van der Waals surface area contributed by atoms with Crippen molar-refractivity contribution in [3.05, 3.63) is 68.7 Å². The number of nitrogens with zero attached hydrogens (tertiary/aromatic N) is 1. The number of nitrogens with one attached hydrogen (secondary N) is 1. The maximum Gasteiger partial charge on any atom is 0.307 e. The highest BCUT2D eigenvalue weighted by Gasteiger charge is 2.30. The number of hydrogen-bond donors (Lipinski definition) is 1. The van der Waals surface area contributed by atoms with E-state index in [0.29, 0.717) is 5.56 Å². The van der Waals surface area contributed by atoms with E-state index in [-0.39, 0.29) is 11.4 Å². The third-order valence-electron chi connectivity index (χ3n) is 3.78. The quantitative estimate of drug-likeness (QED) is 0.424. The van der Waals surface area contributed by atoms with E-state index in [0.717, 1.165) is 17.7 Å².